The number of hydrogen-bond acceptors (Lipinski definition) is 3. The number of nitriles is 1. The Morgan fingerprint density at radius 1 is 0.774 bits per heavy atom. The summed E-state index contributed by atoms with van der Waals surface area (Å²) in [6, 6.07) is 6.78. The molecule has 0 bridgehead atoms. The first kappa shape index (κ1) is 23.3. The second-order valence-corrected chi connectivity index (χ2v) is 12.6. The highest BCUT2D eigenvalue weighted by atomic mass is 32.1. The lowest BCUT2D eigenvalue weighted by atomic mass is 9.68. The van der Waals surface area contributed by atoms with E-state index in [1.165, 1.54) is 112 Å². The van der Waals surface area contributed by atoms with E-state index in [0.29, 0.717) is 0 Å². The molecule has 2 aliphatic rings. The van der Waals surface area contributed by atoms with Crippen LogP contribution in [0.15, 0.2) is 12.1 Å². The summed E-state index contributed by atoms with van der Waals surface area (Å²) in [5.74, 6) is 3.85. The van der Waals surface area contributed by atoms with Crippen LogP contribution in [0.2, 0.25) is 0 Å². The van der Waals surface area contributed by atoms with E-state index >= 15 is 0 Å². The first-order valence-corrected chi connectivity index (χ1v) is 14.8. The molecule has 0 aliphatic heterocycles. The Morgan fingerprint density at radius 2 is 1.39 bits per heavy atom. The molecule has 2 aromatic rings. The van der Waals surface area contributed by atoms with Gasteiger partial charge in [0.15, 0.2) is 0 Å². The number of thiophene rings is 2. The van der Waals surface area contributed by atoms with Crippen LogP contribution in [0.25, 0.3) is 9.40 Å². The fourth-order valence-electron chi connectivity index (χ4n) is 6.32. The maximum absolute atomic E-state index is 9.10. The molecule has 170 valence electrons. The van der Waals surface area contributed by atoms with Gasteiger partial charge in [-0.1, -0.05) is 71.1 Å². The van der Waals surface area contributed by atoms with Crippen LogP contribution >= 0.6 is 22.7 Å². The highest BCUT2D eigenvalue weighted by molar-refractivity contribution is 7.28. The first-order valence-electron chi connectivity index (χ1n) is 13.2. The summed E-state index contributed by atoms with van der Waals surface area (Å²) in [7, 11) is 0. The van der Waals surface area contributed by atoms with Crippen molar-refractivity contribution >= 4 is 32.1 Å². The van der Waals surface area contributed by atoms with Crippen LogP contribution < -0.4 is 0 Å². The van der Waals surface area contributed by atoms with Gasteiger partial charge in [-0.15, -0.1) is 22.7 Å². The Balaban J connectivity index is 1.13. The van der Waals surface area contributed by atoms with Crippen LogP contribution in [-0.4, -0.2) is 0 Å². The van der Waals surface area contributed by atoms with E-state index in [1.807, 2.05) is 11.3 Å². The van der Waals surface area contributed by atoms with Gasteiger partial charge in [-0.3, -0.25) is 0 Å². The van der Waals surface area contributed by atoms with Crippen LogP contribution in [0, 0.1) is 29.1 Å². The smallest absolute Gasteiger partial charge is 0.110 e. The summed E-state index contributed by atoms with van der Waals surface area (Å²) in [6.45, 7) is 2.31. The van der Waals surface area contributed by atoms with Crippen LogP contribution in [-0.2, 0) is 0 Å². The van der Waals surface area contributed by atoms with E-state index in [2.05, 4.69) is 25.1 Å². The van der Waals surface area contributed by atoms with Gasteiger partial charge in [0.2, 0.25) is 0 Å². The molecule has 0 saturated heterocycles. The van der Waals surface area contributed by atoms with Gasteiger partial charge < -0.3 is 0 Å². The van der Waals surface area contributed by atoms with Gasteiger partial charge in [0.25, 0.3) is 0 Å². The fourth-order valence-corrected chi connectivity index (χ4v) is 8.70. The van der Waals surface area contributed by atoms with Crippen molar-refractivity contribution in [1.29, 1.82) is 5.26 Å². The van der Waals surface area contributed by atoms with E-state index in [0.717, 1.165) is 28.5 Å². The summed E-state index contributed by atoms with van der Waals surface area (Å²) in [6.07, 6.45) is 23.4. The van der Waals surface area contributed by atoms with Gasteiger partial charge in [0, 0.05) is 14.3 Å². The van der Waals surface area contributed by atoms with Gasteiger partial charge in [-0.25, -0.2) is 0 Å². The minimum Gasteiger partial charge on any atom is -0.192 e. The quantitative estimate of drug-likeness (QED) is 0.327. The topological polar surface area (TPSA) is 23.8 Å². The fraction of sp³-hybridized carbons (Fsp3) is 0.750. The molecule has 2 aromatic heterocycles. The molecule has 0 unspecified atom stereocenters. The number of unbranched alkanes of at least 4 members (excludes halogenated alkanes) is 6. The van der Waals surface area contributed by atoms with Gasteiger partial charge in [-0.2, -0.15) is 5.26 Å². The number of rotatable bonds is 10. The zero-order chi connectivity index (χ0) is 21.5. The first-order chi connectivity index (χ1) is 15.3. The third kappa shape index (κ3) is 6.35. The number of nitrogens with zero attached hydrogens (tertiary/aromatic N) is 1. The van der Waals surface area contributed by atoms with E-state index in [1.54, 1.807) is 16.2 Å². The lowest BCUT2D eigenvalue weighted by Crippen LogP contribution is -2.25. The second kappa shape index (κ2) is 11.9. The predicted octanol–water partition coefficient (Wildman–Crippen LogP) is 10.1. The van der Waals surface area contributed by atoms with Crippen molar-refractivity contribution in [2.75, 3.05) is 0 Å². The molecule has 0 atom stereocenters. The molecule has 0 aromatic carbocycles. The summed E-state index contributed by atoms with van der Waals surface area (Å²) in [5.41, 5.74) is 0. The van der Waals surface area contributed by atoms with Gasteiger partial charge in [-0.05, 0) is 74.3 Å². The molecule has 0 spiro atoms. The van der Waals surface area contributed by atoms with Gasteiger partial charge in [0.05, 0.1) is 0 Å². The van der Waals surface area contributed by atoms with Crippen molar-refractivity contribution in [1.82, 2.24) is 0 Å². The summed E-state index contributed by atoms with van der Waals surface area (Å²) >= 11 is 3.62. The molecule has 2 fully saturated rings. The highest BCUT2D eigenvalue weighted by Crippen LogP contribution is 2.47. The molecule has 2 saturated carbocycles. The summed E-state index contributed by atoms with van der Waals surface area (Å²) in [4.78, 5) is 2.45. The van der Waals surface area contributed by atoms with Crippen molar-refractivity contribution < 1.29 is 0 Å². The molecule has 2 heterocycles. The van der Waals surface area contributed by atoms with Crippen LogP contribution in [0.5, 0.6) is 0 Å². The zero-order valence-electron chi connectivity index (χ0n) is 19.5. The Morgan fingerprint density at radius 3 is 2.03 bits per heavy atom. The molecular weight excluding hydrogens is 414 g/mol. The molecular formula is C28H41NS2. The van der Waals surface area contributed by atoms with Crippen molar-refractivity contribution in [3.8, 4) is 6.07 Å². The van der Waals surface area contributed by atoms with Crippen LogP contribution in [0.1, 0.15) is 125 Å². The molecule has 31 heavy (non-hydrogen) atoms. The maximum atomic E-state index is 9.10. The third-order valence-electron chi connectivity index (χ3n) is 8.28. The Hall–Kier alpha value is -0.850. The second-order valence-electron chi connectivity index (χ2n) is 10.4. The van der Waals surface area contributed by atoms with E-state index in [9.17, 15) is 0 Å². The number of hydrogen-bond donors (Lipinski definition) is 0. The molecule has 2 aliphatic carbocycles. The van der Waals surface area contributed by atoms with Crippen molar-refractivity contribution in [3.05, 3.63) is 21.9 Å². The summed E-state index contributed by atoms with van der Waals surface area (Å²) < 4.78 is 2.66. The van der Waals surface area contributed by atoms with Crippen molar-refractivity contribution in [2.24, 2.45) is 17.8 Å². The third-order valence-corrected chi connectivity index (χ3v) is 10.6. The SMILES string of the molecule is CCCCCCCCCC1CCC(C2CCC(c3cc4sc(C#N)cc4s3)CC2)CC1. The van der Waals surface area contributed by atoms with Crippen LogP contribution in [0.4, 0.5) is 0 Å². The highest BCUT2D eigenvalue weighted by Gasteiger charge is 2.31. The normalized spacial score (nSPS) is 26.8. The van der Waals surface area contributed by atoms with E-state index in [4.69, 9.17) is 5.26 Å². The van der Waals surface area contributed by atoms with E-state index < -0.39 is 0 Å². The van der Waals surface area contributed by atoms with Crippen molar-refractivity contribution in [3.63, 3.8) is 0 Å². The molecule has 0 radical (unpaired) electrons. The Kier molecular flexibility index (Phi) is 8.91. The minimum absolute atomic E-state index is 0.778. The maximum Gasteiger partial charge on any atom is 0.110 e. The summed E-state index contributed by atoms with van der Waals surface area (Å²) in [5, 5.41) is 9.10. The average molecular weight is 456 g/mol. The Bertz CT molecular complexity index is 793. The average Bonchev–Trinajstić information content (AvgIpc) is 3.38. The molecule has 1 nitrogen and oxygen atoms in total. The van der Waals surface area contributed by atoms with Crippen LogP contribution in [0.3, 0.4) is 0 Å². The molecule has 0 amide bonds. The lowest BCUT2D eigenvalue weighted by molar-refractivity contribution is 0.156. The zero-order valence-corrected chi connectivity index (χ0v) is 21.2. The predicted molar refractivity (Wildman–Crippen MR) is 137 cm³/mol. The number of fused-ring (bicyclic) bond motifs is 1. The molecule has 4 rings (SSSR count). The monoisotopic (exact) mass is 455 g/mol. The van der Waals surface area contributed by atoms with E-state index in [-0.39, 0.29) is 0 Å². The standard InChI is InChI=1S/C28H41NS2/c1-2-3-4-5-6-7-8-9-21-10-12-22(13-11-21)23-14-16-24(17-15-23)26-19-28-27(31-26)18-25(20-29)30-28/h18-19,21-24H,2-17H2,1H3. The van der Waals surface area contributed by atoms with Crippen molar-refractivity contribution in [2.45, 2.75) is 116 Å². The van der Waals surface area contributed by atoms with Gasteiger partial charge >= 0.3 is 0 Å². The largest absolute Gasteiger partial charge is 0.192 e. The van der Waals surface area contributed by atoms with Gasteiger partial charge in [0.1, 0.15) is 10.9 Å². The molecule has 0 N–H and O–H groups in total. The Labute approximate surface area is 198 Å². The minimum atomic E-state index is 0.778. The lowest BCUT2D eigenvalue weighted by Gasteiger charge is -2.37. The molecule has 3 heteroatoms.